The Morgan fingerprint density at radius 3 is 2.53 bits per heavy atom. The standard InChI is InChI=1S/C27H35NO4/c1-26(21-7-6-8-22(18-21)30-2)13-14-28(27(29)11-4-3-5-12-27)23(19-26)20-9-10-24-25(17-20)32-16-15-31-24/h6-10,17-18,23,29H,3-5,11-16,19H2,1-2H3. The van der Waals surface area contributed by atoms with E-state index in [4.69, 9.17) is 14.2 Å². The minimum Gasteiger partial charge on any atom is -0.497 e. The Kier molecular flexibility index (Phi) is 5.81. The van der Waals surface area contributed by atoms with Crippen LogP contribution in [-0.4, -0.2) is 42.6 Å². The molecule has 5 rings (SSSR count). The molecule has 3 aliphatic rings. The number of piperidine rings is 1. The molecule has 0 radical (unpaired) electrons. The maximum Gasteiger partial charge on any atom is 0.161 e. The van der Waals surface area contributed by atoms with Crippen molar-refractivity contribution in [1.82, 2.24) is 4.90 Å². The first-order chi connectivity index (χ1) is 15.5. The molecule has 1 saturated heterocycles. The number of hydrogen-bond acceptors (Lipinski definition) is 5. The number of methoxy groups -OCH3 is 1. The summed E-state index contributed by atoms with van der Waals surface area (Å²) in [5, 5.41) is 11.7. The van der Waals surface area contributed by atoms with E-state index in [1.165, 1.54) is 17.5 Å². The van der Waals surface area contributed by atoms with Crippen LogP contribution >= 0.6 is 0 Å². The molecule has 1 aliphatic carbocycles. The number of benzene rings is 2. The highest BCUT2D eigenvalue weighted by atomic mass is 16.6. The molecule has 2 heterocycles. The fraction of sp³-hybridized carbons (Fsp3) is 0.556. The molecule has 1 N–H and O–H groups in total. The maximum atomic E-state index is 11.7. The number of rotatable bonds is 4. The monoisotopic (exact) mass is 437 g/mol. The number of likely N-dealkylation sites (tertiary alicyclic amines) is 1. The average molecular weight is 438 g/mol. The van der Waals surface area contributed by atoms with Crippen LogP contribution in [0.3, 0.4) is 0 Å². The minimum atomic E-state index is -0.730. The Hall–Kier alpha value is -2.24. The molecule has 2 unspecified atom stereocenters. The van der Waals surface area contributed by atoms with Crippen molar-refractivity contribution in [2.75, 3.05) is 26.9 Å². The second kappa shape index (κ2) is 8.60. The van der Waals surface area contributed by atoms with Crippen LogP contribution in [0.5, 0.6) is 17.2 Å². The molecule has 172 valence electrons. The molecule has 1 saturated carbocycles. The van der Waals surface area contributed by atoms with Crippen molar-refractivity contribution in [2.45, 2.75) is 69.1 Å². The summed E-state index contributed by atoms with van der Waals surface area (Å²) in [5.41, 5.74) is 1.76. The molecular weight excluding hydrogens is 402 g/mol. The number of aliphatic hydroxyl groups is 1. The molecule has 2 aromatic rings. The predicted molar refractivity (Wildman–Crippen MR) is 124 cm³/mol. The largest absolute Gasteiger partial charge is 0.497 e. The molecule has 2 aromatic carbocycles. The van der Waals surface area contributed by atoms with Crippen molar-refractivity contribution >= 4 is 0 Å². The first-order valence-electron chi connectivity index (χ1n) is 12.0. The van der Waals surface area contributed by atoms with E-state index in [2.05, 4.69) is 42.2 Å². The third kappa shape index (κ3) is 3.97. The van der Waals surface area contributed by atoms with Crippen molar-refractivity contribution in [3.8, 4) is 17.2 Å². The van der Waals surface area contributed by atoms with Gasteiger partial charge < -0.3 is 19.3 Å². The molecule has 2 fully saturated rings. The third-order valence-corrected chi connectivity index (χ3v) is 7.83. The van der Waals surface area contributed by atoms with Crippen molar-refractivity contribution in [3.05, 3.63) is 53.6 Å². The number of ether oxygens (including phenoxy) is 3. The van der Waals surface area contributed by atoms with Gasteiger partial charge >= 0.3 is 0 Å². The lowest BCUT2D eigenvalue weighted by molar-refractivity contribution is -0.166. The first-order valence-corrected chi connectivity index (χ1v) is 12.0. The molecule has 5 nitrogen and oxygen atoms in total. The van der Waals surface area contributed by atoms with E-state index >= 15 is 0 Å². The van der Waals surface area contributed by atoms with Crippen LogP contribution in [0, 0.1) is 0 Å². The smallest absolute Gasteiger partial charge is 0.161 e. The van der Waals surface area contributed by atoms with Gasteiger partial charge in [-0.25, -0.2) is 0 Å². The average Bonchev–Trinajstić information content (AvgIpc) is 2.84. The summed E-state index contributed by atoms with van der Waals surface area (Å²) in [6, 6.07) is 14.9. The van der Waals surface area contributed by atoms with Gasteiger partial charge in [-0.3, -0.25) is 4.90 Å². The van der Waals surface area contributed by atoms with Crippen LogP contribution in [0.15, 0.2) is 42.5 Å². The van der Waals surface area contributed by atoms with Gasteiger partial charge in [0.1, 0.15) is 24.7 Å². The highest BCUT2D eigenvalue weighted by molar-refractivity contribution is 5.45. The molecule has 0 spiro atoms. The molecule has 2 atom stereocenters. The zero-order valence-electron chi connectivity index (χ0n) is 19.3. The Labute approximate surface area is 191 Å². The summed E-state index contributed by atoms with van der Waals surface area (Å²) >= 11 is 0. The summed E-state index contributed by atoms with van der Waals surface area (Å²) in [6.45, 7) is 4.39. The number of hydrogen-bond donors (Lipinski definition) is 1. The summed E-state index contributed by atoms with van der Waals surface area (Å²) in [5.74, 6) is 2.53. The minimum absolute atomic E-state index is 0.00596. The second-order valence-electron chi connectivity index (χ2n) is 9.90. The highest BCUT2D eigenvalue weighted by Gasteiger charge is 2.46. The lowest BCUT2D eigenvalue weighted by Crippen LogP contribution is -2.56. The van der Waals surface area contributed by atoms with Crippen LogP contribution in [-0.2, 0) is 5.41 Å². The van der Waals surface area contributed by atoms with Crippen molar-refractivity contribution in [3.63, 3.8) is 0 Å². The van der Waals surface area contributed by atoms with Crippen molar-refractivity contribution in [1.29, 1.82) is 0 Å². The van der Waals surface area contributed by atoms with E-state index < -0.39 is 5.72 Å². The van der Waals surface area contributed by atoms with Gasteiger partial charge in [-0.15, -0.1) is 0 Å². The molecular formula is C27H35NO4. The van der Waals surface area contributed by atoms with Crippen LogP contribution in [0.2, 0.25) is 0 Å². The quantitative estimate of drug-likeness (QED) is 0.711. The van der Waals surface area contributed by atoms with E-state index in [0.717, 1.165) is 62.3 Å². The van der Waals surface area contributed by atoms with Gasteiger partial charge in [0.2, 0.25) is 0 Å². The van der Waals surface area contributed by atoms with Gasteiger partial charge in [0.25, 0.3) is 0 Å². The molecule has 0 bridgehead atoms. The van der Waals surface area contributed by atoms with E-state index in [1.54, 1.807) is 7.11 Å². The van der Waals surface area contributed by atoms with Gasteiger partial charge in [0, 0.05) is 12.6 Å². The van der Waals surface area contributed by atoms with E-state index in [0.29, 0.717) is 13.2 Å². The summed E-state index contributed by atoms with van der Waals surface area (Å²) in [7, 11) is 1.72. The topological polar surface area (TPSA) is 51.2 Å². The molecule has 0 amide bonds. The van der Waals surface area contributed by atoms with Gasteiger partial charge in [0.15, 0.2) is 11.5 Å². The predicted octanol–water partition coefficient (Wildman–Crippen LogP) is 5.21. The van der Waals surface area contributed by atoms with Crippen molar-refractivity contribution < 1.29 is 19.3 Å². The fourth-order valence-electron chi connectivity index (χ4n) is 5.89. The van der Waals surface area contributed by atoms with Crippen LogP contribution in [0.4, 0.5) is 0 Å². The molecule has 2 aliphatic heterocycles. The number of nitrogens with zero attached hydrogens (tertiary/aromatic N) is 1. The Balaban J connectivity index is 1.52. The van der Waals surface area contributed by atoms with Gasteiger partial charge in [0.05, 0.1) is 7.11 Å². The normalized spacial score (nSPS) is 27.7. The Morgan fingerprint density at radius 2 is 1.75 bits per heavy atom. The summed E-state index contributed by atoms with van der Waals surface area (Å²) in [6.07, 6.45) is 7.04. The fourth-order valence-corrected chi connectivity index (χ4v) is 5.89. The van der Waals surface area contributed by atoms with E-state index in [9.17, 15) is 5.11 Å². The Bertz CT molecular complexity index is 954. The molecule has 0 aromatic heterocycles. The maximum absolute atomic E-state index is 11.7. The number of fused-ring (bicyclic) bond motifs is 1. The molecule has 32 heavy (non-hydrogen) atoms. The zero-order chi connectivity index (χ0) is 22.2. The Morgan fingerprint density at radius 1 is 0.969 bits per heavy atom. The van der Waals surface area contributed by atoms with Gasteiger partial charge in [-0.2, -0.15) is 0 Å². The van der Waals surface area contributed by atoms with Gasteiger partial charge in [-0.05, 0) is 79.3 Å². The first kappa shape index (κ1) is 21.6. The van der Waals surface area contributed by atoms with Gasteiger partial charge in [-0.1, -0.05) is 31.5 Å². The van der Waals surface area contributed by atoms with Crippen molar-refractivity contribution in [2.24, 2.45) is 0 Å². The van der Waals surface area contributed by atoms with E-state index in [-0.39, 0.29) is 11.5 Å². The van der Waals surface area contributed by atoms with Crippen LogP contribution in [0.1, 0.15) is 69.0 Å². The lowest BCUT2D eigenvalue weighted by atomic mass is 9.69. The third-order valence-electron chi connectivity index (χ3n) is 7.83. The van der Waals surface area contributed by atoms with Crippen LogP contribution < -0.4 is 14.2 Å². The zero-order valence-corrected chi connectivity index (χ0v) is 19.3. The molecule has 5 heteroatoms. The SMILES string of the molecule is COc1cccc(C2(C)CCN(C3(O)CCCCC3)C(c3ccc4c(c3)OCCO4)C2)c1. The summed E-state index contributed by atoms with van der Waals surface area (Å²) in [4.78, 5) is 2.39. The van der Waals surface area contributed by atoms with E-state index in [1.807, 2.05) is 12.1 Å². The highest BCUT2D eigenvalue weighted by Crippen LogP contribution is 2.49. The van der Waals surface area contributed by atoms with Crippen LogP contribution in [0.25, 0.3) is 0 Å². The second-order valence-corrected chi connectivity index (χ2v) is 9.90. The summed E-state index contributed by atoms with van der Waals surface area (Å²) < 4.78 is 17.2. The lowest BCUT2D eigenvalue weighted by Gasteiger charge is -2.53.